The molecule has 0 bridgehead atoms. The molecule has 1 amide bonds. The minimum Gasteiger partial charge on any atom is -0.505 e. The van der Waals surface area contributed by atoms with Gasteiger partial charge in [0.2, 0.25) is 17.6 Å². The Morgan fingerprint density at radius 3 is 2.88 bits per heavy atom. The molecule has 0 aliphatic heterocycles. The molecule has 25 heavy (non-hydrogen) atoms. The van der Waals surface area contributed by atoms with E-state index in [4.69, 9.17) is 4.52 Å². The molecular weight excluding hydrogens is 327 g/mol. The van der Waals surface area contributed by atoms with E-state index < -0.39 is 11.6 Å². The first kappa shape index (κ1) is 16.6. The van der Waals surface area contributed by atoms with E-state index in [1.807, 2.05) is 6.07 Å². The van der Waals surface area contributed by atoms with Crippen LogP contribution >= 0.6 is 0 Å². The number of carbonyl (C=O) groups is 1. The molecule has 0 saturated carbocycles. The third-order valence-corrected chi connectivity index (χ3v) is 3.53. The maximum Gasteiger partial charge on any atom is 0.246 e. The third-order valence-electron chi connectivity index (χ3n) is 3.53. The van der Waals surface area contributed by atoms with Gasteiger partial charge in [-0.25, -0.2) is 4.39 Å². The van der Waals surface area contributed by atoms with Gasteiger partial charge in [0.1, 0.15) is 5.69 Å². The molecular formula is C17H15FN4O3. The highest BCUT2D eigenvalue weighted by Crippen LogP contribution is 2.17. The van der Waals surface area contributed by atoms with Crippen molar-refractivity contribution in [2.45, 2.75) is 13.0 Å². The normalized spacial score (nSPS) is 10.6. The number of aromatic hydroxyl groups is 1. The van der Waals surface area contributed by atoms with Crippen molar-refractivity contribution in [3.63, 3.8) is 0 Å². The van der Waals surface area contributed by atoms with Crippen molar-refractivity contribution >= 4 is 5.91 Å². The van der Waals surface area contributed by atoms with Crippen LogP contribution in [0.5, 0.6) is 5.75 Å². The number of phenolic OH excluding ortho intramolecular Hbond substituents is 1. The number of hydrogen-bond donors (Lipinski definition) is 1. The van der Waals surface area contributed by atoms with Gasteiger partial charge in [-0.15, -0.1) is 0 Å². The molecule has 0 fully saturated rings. The third kappa shape index (κ3) is 3.97. The summed E-state index contributed by atoms with van der Waals surface area (Å²) in [7, 11) is 1.59. The van der Waals surface area contributed by atoms with Gasteiger partial charge in [-0.2, -0.15) is 4.98 Å². The molecule has 0 saturated heterocycles. The molecule has 128 valence electrons. The van der Waals surface area contributed by atoms with Gasteiger partial charge >= 0.3 is 0 Å². The first-order chi connectivity index (χ1) is 12.0. The van der Waals surface area contributed by atoms with Gasteiger partial charge in [0.05, 0.1) is 13.0 Å². The van der Waals surface area contributed by atoms with E-state index in [1.54, 1.807) is 25.4 Å². The Bertz CT molecular complexity index is 883. The lowest BCUT2D eigenvalue weighted by Crippen LogP contribution is -2.27. The first-order valence-electron chi connectivity index (χ1n) is 7.48. The van der Waals surface area contributed by atoms with Crippen molar-refractivity contribution in [2.24, 2.45) is 0 Å². The fraction of sp³-hybridized carbons (Fsp3) is 0.176. The summed E-state index contributed by atoms with van der Waals surface area (Å²) < 4.78 is 18.5. The highest BCUT2D eigenvalue weighted by Gasteiger charge is 2.16. The topological polar surface area (TPSA) is 92.4 Å². The molecule has 3 aromatic rings. The summed E-state index contributed by atoms with van der Waals surface area (Å²) in [5.74, 6) is -0.838. The van der Waals surface area contributed by atoms with Crippen LogP contribution in [0.15, 0.2) is 47.1 Å². The number of benzene rings is 1. The van der Waals surface area contributed by atoms with Crippen molar-refractivity contribution < 1.29 is 18.8 Å². The Morgan fingerprint density at radius 2 is 2.16 bits per heavy atom. The number of rotatable bonds is 5. The summed E-state index contributed by atoms with van der Waals surface area (Å²) >= 11 is 0. The summed E-state index contributed by atoms with van der Waals surface area (Å²) in [5, 5.41) is 13.0. The molecule has 0 spiro atoms. The van der Waals surface area contributed by atoms with E-state index in [-0.39, 0.29) is 24.8 Å². The Morgan fingerprint density at radius 1 is 1.32 bits per heavy atom. The Kier molecular flexibility index (Phi) is 4.69. The number of halogens is 1. The molecule has 0 unspecified atom stereocenters. The van der Waals surface area contributed by atoms with Crippen LogP contribution in [-0.4, -0.2) is 38.1 Å². The lowest BCUT2D eigenvalue weighted by atomic mass is 10.1. The molecule has 2 heterocycles. The first-order valence-corrected chi connectivity index (χ1v) is 7.48. The van der Waals surface area contributed by atoms with Gasteiger partial charge in [-0.1, -0.05) is 17.3 Å². The zero-order valence-electron chi connectivity index (χ0n) is 13.4. The fourth-order valence-corrected chi connectivity index (χ4v) is 2.18. The molecule has 8 heteroatoms. The summed E-state index contributed by atoms with van der Waals surface area (Å²) in [6, 6.07) is 9.19. The molecule has 3 rings (SSSR count). The van der Waals surface area contributed by atoms with E-state index in [2.05, 4.69) is 15.1 Å². The quantitative estimate of drug-likeness (QED) is 0.764. The molecule has 0 radical (unpaired) electrons. The average molecular weight is 342 g/mol. The van der Waals surface area contributed by atoms with Crippen LogP contribution in [-0.2, 0) is 17.8 Å². The second kappa shape index (κ2) is 7.08. The maximum atomic E-state index is 13.3. The highest BCUT2D eigenvalue weighted by molar-refractivity contribution is 5.78. The zero-order chi connectivity index (χ0) is 17.8. The number of hydrogen-bond acceptors (Lipinski definition) is 6. The summed E-state index contributed by atoms with van der Waals surface area (Å²) in [6.07, 6.45) is 1.62. The van der Waals surface area contributed by atoms with Crippen molar-refractivity contribution in [3.05, 3.63) is 59.9 Å². The lowest BCUT2D eigenvalue weighted by molar-refractivity contribution is -0.130. The van der Waals surface area contributed by atoms with Crippen molar-refractivity contribution in [3.8, 4) is 17.3 Å². The van der Waals surface area contributed by atoms with E-state index in [0.29, 0.717) is 17.1 Å². The van der Waals surface area contributed by atoms with Crippen LogP contribution < -0.4 is 0 Å². The largest absolute Gasteiger partial charge is 0.505 e. The zero-order valence-corrected chi connectivity index (χ0v) is 13.4. The number of nitrogens with zero attached hydrogens (tertiary/aromatic N) is 4. The molecule has 0 aliphatic carbocycles. The number of aromatic nitrogens is 3. The van der Waals surface area contributed by atoms with E-state index in [0.717, 1.165) is 6.07 Å². The molecule has 7 nitrogen and oxygen atoms in total. The van der Waals surface area contributed by atoms with Gasteiger partial charge < -0.3 is 14.5 Å². The summed E-state index contributed by atoms with van der Waals surface area (Å²) in [4.78, 5) is 22.0. The van der Waals surface area contributed by atoms with Crippen LogP contribution in [0.25, 0.3) is 11.5 Å². The predicted molar refractivity (Wildman–Crippen MR) is 85.8 cm³/mol. The van der Waals surface area contributed by atoms with Gasteiger partial charge in [0.15, 0.2) is 11.6 Å². The van der Waals surface area contributed by atoms with E-state index >= 15 is 0 Å². The molecule has 0 atom stereocenters. The number of likely N-dealkylation sites (N-methyl/N-ethyl adjacent to an activating group) is 1. The van der Waals surface area contributed by atoms with Crippen LogP contribution in [0, 0.1) is 5.82 Å². The minimum absolute atomic E-state index is 0.00502. The lowest BCUT2D eigenvalue weighted by Gasteiger charge is -2.14. The standard InChI is InChI=1S/C17H15FN4O3/c1-22(16(24)9-11-5-6-14(23)12(18)8-11)10-15-20-17(21-25-15)13-4-2-3-7-19-13/h2-8,23H,9-10H2,1H3. The van der Waals surface area contributed by atoms with Crippen LogP contribution in [0.2, 0.25) is 0 Å². The SMILES string of the molecule is CN(Cc1nc(-c2ccccn2)no1)C(=O)Cc1ccc(O)c(F)c1. The Hall–Kier alpha value is -3.29. The van der Waals surface area contributed by atoms with Crippen LogP contribution in [0.4, 0.5) is 4.39 Å². The van der Waals surface area contributed by atoms with Crippen molar-refractivity contribution in [1.82, 2.24) is 20.0 Å². The summed E-state index contributed by atoms with van der Waals surface area (Å²) in [6.45, 7) is 0.124. The molecule has 1 aromatic carbocycles. The fourth-order valence-electron chi connectivity index (χ4n) is 2.18. The van der Waals surface area contributed by atoms with Crippen molar-refractivity contribution in [2.75, 3.05) is 7.05 Å². The number of phenols is 1. The van der Waals surface area contributed by atoms with E-state index in [9.17, 15) is 14.3 Å². The Labute approximate surface area is 142 Å². The van der Waals surface area contributed by atoms with Gasteiger partial charge in [-0.05, 0) is 29.8 Å². The van der Waals surface area contributed by atoms with Crippen molar-refractivity contribution in [1.29, 1.82) is 0 Å². The number of amides is 1. The summed E-state index contributed by atoms with van der Waals surface area (Å²) in [5.41, 5.74) is 1.04. The Balaban J connectivity index is 1.63. The monoisotopic (exact) mass is 342 g/mol. The number of carbonyl (C=O) groups excluding carboxylic acids is 1. The predicted octanol–water partition coefficient (Wildman–Crippen LogP) is 2.18. The highest BCUT2D eigenvalue weighted by atomic mass is 19.1. The van der Waals surface area contributed by atoms with Gasteiger partial charge in [0, 0.05) is 13.2 Å². The molecule has 2 aromatic heterocycles. The smallest absolute Gasteiger partial charge is 0.246 e. The average Bonchev–Trinajstić information content (AvgIpc) is 3.07. The van der Waals surface area contributed by atoms with Crippen LogP contribution in [0.1, 0.15) is 11.5 Å². The van der Waals surface area contributed by atoms with Gasteiger partial charge in [0.25, 0.3) is 0 Å². The minimum atomic E-state index is -0.759. The maximum absolute atomic E-state index is 13.3. The van der Waals surface area contributed by atoms with Crippen LogP contribution in [0.3, 0.4) is 0 Å². The second-order valence-electron chi connectivity index (χ2n) is 5.44. The van der Waals surface area contributed by atoms with E-state index in [1.165, 1.54) is 17.0 Å². The number of pyridine rings is 1. The molecule has 0 aliphatic rings. The second-order valence-corrected chi connectivity index (χ2v) is 5.44. The van der Waals surface area contributed by atoms with Gasteiger partial charge in [-0.3, -0.25) is 9.78 Å². The molecule has 1 N–H and O–H groups in total.